The van der Waals surface area contributed by atoms with E-state index in [9.17, 15) is 0 Å². The number of H-pyrrole nitrogens is 1. The number of aromatic amines is 1. The second-order valence-electron chi connectivity index (χ2n) is 8.16. The molecule has 0 bridgehead atoms. The van der Waals surface area contributed by atoms with Gasteiger partial charge in [-0.1, -0.05) is 18.2 Å². The van der Waals surface area contributed by atoms with E-state index in [1.54, 1.807) is 12.4 Å². The number of nitrogen functional groups attached to an aromatic ring is 1. The molecule has 1 fully saturated rings. The Bertz CT molecular complexity index is 1450. The molecular weight excluding hydrogens is 418 g/mol. The summed E-state index contributed by atoms with van der Waals surface area (Å²) in [6, 6.07) is 8.47. The second kappa shape index (κ2) is 7.82. The SMILES string of the molecule is Cc1cccc2cc(Cn3nc(-c4cn[nH]c4)c4c(N)ncnc43)nc(N3CCOCC3)c12. The molecule has 3 N–H and O–H groups in total. The maximum atomic E-state index is 6.21. The highest BCUT2D eigenvalue weighted by molar-refractivity contribution is 5.98. The monoisotopic (exact) mass is 441 g/mol. The number of hydrogen-bond donors (Lipinski definition) is 2. The molecular formula is C23H23N9O. The van der Waals surface area contributed by atoms with Crippen LogP contribution in [0.2, 0.25) is 0 Å². The minimum atomic E-state index is 0.388. The zero-order valence-electron chi connectivity index (χ0n) is 18.2. The Morgan fingerprint density at radius 3 is 2.85 bits per heavy atom. The number of benzene rings is 1. The van der Waals surface area contributed by atoms with E-state index in [4.69, 9.17) is 20.6 Å². The summed E-state index contributed by atoms with van der Waals surface area (Å²) in [6.07, 6.45) is 4.96. The molecule has 5 aromatic rings. The van der Waals surface area contributed by atoms with E-state index in [2.05, 4.69) is 56.3 Å². The number of nitrogens with two attached hydrogens (primary N) is 1. The molecule has 1 aromatic carbocycles. The highest BCUT2D eigenvalue weighted by atomic mass is 16.5. The Morgan fingerprint density at radius 1 is 1.15 bits per heavy atom. The van der Waals surface area contributed by atoms with Crippen molar-refractivity contribution >= 4 is 33.4 Å². The average molecular weight is 441 g/mol. The molecule has 0 atom stereocenters. The fourth-order valence-electron chi connectivity index (χ4n) is 4.48. The number of nitrogens with one attached hydrogen (secondary N) is 1. The number of pyridine rings is 1. The van der Waals surface area contributed by atoms with Crippen LogP contribution in [0.15, 0.2) is 43.0 Å². The molecule has 4 aromatic heterocycles. The van der Waals surface area contributed by atoms with Gasteiger partial charge in [0.15, 0.2) is 5.65 Å². The lowest BCUT2D eigenvalue weighted by Crippen LogP contribution is -2.37. The lowest BCUT2D eigenvalue weighted by molar-refractivity contribution is 0.122. The molecule has 0 unspecified atom stereocenters. The third-order valence-corrected chi connectivity index (χ3v) is 6.05. The summed E-state index contributed by atoms with van der Waals surface area (Å²) in [5.41, 5.74) is 10.5. The molecule has 0 saturated carbocycles. The average Bonchev–Trinajstić information content (AvgIpc) is 3.48. The maximum Gasteiger partial charge on any atom is 0.164 e. The third-order valence-electron chi connectivity index (χ3n) is 6.05. The van der Waals surface area contributed by atoms with Crippen molar-refractivity contribution in [1.82, 2.24) is 34.9 Å². The smallest absolute Gasteiger partial charge is 0.164 e. The van der Waals surface area contributed by atoms with Gasteiger partial charge in [0.25, 0.3) is 0 Å². The van der Waals surface area contributed by atoms with Gasteiger partial charge in [0.2, 0.25) is 0 Å². The van der Waals surface area contributed by atoms with Crippen molar-refractivity contribution in [3.63, 3.8) is 0 Å². The largest absolute Gasteiger partial charge is 0.383 e. The van der Waals surface area contributed by atoms with Crippen molar-refractivity contribution in [3.8, 4) is 11.3 Å². The number of hydrogen-bond acceptors (Lipinski definition) is 8. The number of ether oxygens (including phenoxy) is 1. The number of morpholine rings is 1. The normalized spacial score (nSPS) is 14.4. The minimum absolute atomic E-state index is 0.388. The number of aromatic nitrogens is 7. The predicted octanol–water partition coefficient (Wildman–Crippen LogP) is 2.54. The highest BCUT2D eigenvalue weighted by Crippen LogP contribution is 2.32. The van der Waals surface area contributed by atoms with Gasteiger partial charge in [-0.2, -0.15) is 10.2 Å². The van der Waals surface area contributed by atoms with Gasteiger partial charge >= 0.3 is 0 Å². The summed E-state index contributed by atoms with van der Waals surface area (Å²) in [5.74, 6) is 1.38. The summed E-state index contributed by atoms with van der Waals surface area (Å²) in [5, 5.41) is 14.8. The van der Waals surface area contributed by atoms with Crippen LogP contribution in [0.1, 0.15) is 11.3 Å². The van der Waals surface area contributed by atoms with Crippen LogP contribution in [0.5, 0.6) is 0 Å². The maximum absolute atomic E-state index is 6.21. The molecule has 0 spiro atoms. The Morgan fingerprint density at radius 2 is 2.03 bits per heavy atom. The van der Waals surface area contributed by atoms with E-state index in [-0.39, 0.29) is 0 Å². The molecule has 166 valence electrons. The Kier molecular flexibility index (Phi) is 4.65. The lowest BCUT2D eigenvalue weighted by Gasteiger charge is -2.29. The summed E-state index contributed by atoms with van der Waals surface area (Å²) < 4.78 is 7.41. The van der Waals surface area contributed by atoms with Gasteiger partial charge in [-0.15, -0.1) is 0 Å². The zero-order chi connectivity index (χ0) is 22.4. The van der Waals surface area contributed by atoms with Crippen LogP contribution in [-0.4, -0.2) is 61.2 Å². The quantitative estimate of drug-likeness (QED) is 0.436. The summed E-state index contributed by atoms with van der Waals surface area (Å²) in [4.78, 5) is 16.1. The predicted molar refractivity (Wildman–Crippen MR) is 126 cm³/mol. The molecule has 0 aliphatic carbocycles. The molecule has 0 radical (unpaired) electrons. The van der Waals surface area contributed by atoms with E-state index in [1.165, 1.54) is 17.3 Å². The number of rotatable bonds is 4. The molecule has 6 rings (SSSR count). The number of anilines is 2. The first-order chi connectivity index (χ1) is 16.2. The molecule has 33 heavy (non-hydrogen) atoms. The molecule has 5 heterocycles. The molecule has 1 aliphatic heterocycles. The second-order valence-corrected chi connectivity index (χ2v) is 8.16. The van der Waals surface area contributed by atoms with Gasteiger partial charge in [-0.3, -0.25) is 5.10 Å². The van der Waals surface area contributed by atoms with E-state index in [0.29, 0.717) is 42.3 Å². The Hall–Kier alpha value is -4.05. The standard InChI is InChI=1S/C23H23N9O/c1-14-3-2-4-15-9-17(29-23(18(14)15)31-5-7-33-8-6-31)12-32-22-19(21(24)25-13-26-22)20(30-32)16-10-27-28-11-16/h2-4,9-11,13H,5-8,12H2,1H3,(H,27,28)(H2,24,25,26). The van der Waals surface area contributed by atoms with Gasteiger partial charge in [-0.05, 0) is 23.9 Å². The van der Waals surface area contributed by atoms with Crippen molar-refractivity contribution in [2.45, 2.75) is 13.5 Å². The van der Waals surface area contributed by atoms with Crippen LogP contribution in [0.3, 0.4) is 0 Å². The Balaban J connectivity index is 1.50. The highest BCUT2D eigenvalue weighted by Gasteiger charge is 2.21. The van der Waals surface area contributed by atoms with Crippen LogP contribution < -0.4 is 10.6 Å². The van der Waals surface area contributed by atoms with Gasteiger partial charge in [0, 0.05) is 30.2 Å². The molecule has 10 nitrogen and oxygen atoms in total. The van der Waals surface area contributed by atoms with Crippen molar-refractivity contribution in [1.29, 1.82) is 0 Å². The summed E-state index contributed by atoms with van der Waals surface area (Å²) >= 11 is 0. The van der Waals surface area contributed by atoms with Gasteiger partial charge in [-0.25, -0.2) is 19.6 Å². The fraction of sp³-hybridized carbons (Fsp3) is 0.261. The first-order valence-electron chi connectivity index (χ1n) is 10.9. The summed E-state index contributed by atoms with van der Waals surface area (Å²) in [7, 11) is 0. The van der Waals surface area contributed by atoms with Crippen LogP contribution in [0.4, 0.5) is 11.6 Å². The number of fused-ring (bicyclic) bond motifs is 2. The molecule has 1 aliphatic rings. The molecule has 1 saturated heterocycles. The first kappa shape index (κ1) is 19.6. The van der Waals surface area contributed by atoms with Crippen molar-refractivity contribution < 1.29 is 4.74 Å². The number of nitrogens with zero attached hydrogens (tertiary/aromatic N) is 7. The van der Waals surface area contributed by atoms with Crippen LogP contribution >= 0.6 is 0 Å². The first-order valence-corrected chi connectivity index (χ1v) is 10.9. The fourth-order valence-corrected chi connectivity index (χ4v) is 4.48. The van der Waals surface area contributed by atoms with Gasteiger partial charge < -0.3 is 15.4 Å². The van der Waals surface area contributed by atoms with E-state index < -0.39 is 0 Å². The summed E-state index contributed by atoms with van der Waals surface area (Å²) in [6.45, 7) is 5.62. The topological polar surface area (TPSA) is 124 Å². The van der Waals surface area contributed by atoms with Crippen molar-refractivity contribution in [3.05, 3.63) is 54.2 Å². The zero-order valence-corrected chi connectivity index (χ0v) is 18.2. The van der Waals surface area contributed by atoms with Gasteiger partial charge in [0.05, 0.1) is 37.0 Å². The van der Waals surface area contributed by atoms with E-state index in [0.717, 1.165) is 35.6 Å². The molecule has 10 heteroatoms. The van der Waals surface area contributed by atoms with Crippen molar-refractivity contribution in [2.24, 2.45) is 0 Å². The van der Waals surface area contributed by atoms with Crippen LogP contribution in [-0.2, 0) is 11.3 Å². The van der Waals surface area contributed by atoms with Crippen LogP contribution in [0.25, 0.3) is 33.1 Å². The lowest BCUT2D eigenvalue weighted by atomic mass is 10.0. The van der Waals surface area contributed by atoms with E-state index in [1.807, 2.05) is 4.68 Å². The minimum Gasteiger partial charge on any atom is -0.383 e. The van der Waals surface area contributed by atoms with Gasteiger partial charge in [0.1, 0.15) is 23.7 Å². The third kappa shape index (κ3) is 3.35. The molecule has 0 amide bonds. The van der Waals surface area contributed by atoms with E-state index >= 15 is 0 Å². The number of aryl methyl sites for hydroxylation is 1. The van der Waals surface area contributed by atoms with Crippen LogP contribution in [0, 0.1) is 6.92 Å². The van der Waals surface area contributed by atoms with Crippen molar-refractivity contribution in [2.75, 3.05) is 36.9 Å². The Labute approximate surface area is 189 Å².